The monoisotopic (exact) mass is 372 g/mol. The van der Waals surface area contributed by atoms with Gasteiger partial charge in [-0.05, 0) is 56.0 Å². The third-order valence-electron chi connectivity index (χ3n) is 5.44. The van der Waals surface area contributed by atoms with Crippen LogP contribution < -0.4 is 10.2 Å². The lowest BCUT2D eigenvalue weighted by Gasteiger charge is -2.26. The van der Waals surface area contributed by atoms with Gasteiger partial charge < -0.3 is 10.2 Å². The van der Waals surface area contributed by atoms with E-state index in [-0.39, 0.29) is 23.7 Å². The quantitative estimate of drug-likeness (QED) is 0.888. The van der Waals surface area contributed by atoms with Gasteiger partial charge in [0.15, 0.2) is 11.5 Å². The predicted octanol–water partition coefficient (Wildman–Crippen LogP) is 3.77. The molecule has 2 fully saturated rings. The average molecular weight is 372 g/mol. The molecule has 0 bridgehead atoms. The number of carbonyl (C=O) groups excluding carboxylic acids is 1. The highest BCUT2D eigenvalue weighted by Crippen LogP contribution is 2.36. The number of carbonyl (C=O) groups is 1. The van der Waals surface area contributed by atoms with Gasteiger partial charge in [-0.3, -0.25) is 4.79 Å². The Kier molecular flexibility index (Phi) is 5.01. The van der Waals surface area contributed by atoms with Crippen molar-refractivity contribution < 1.29 is 13.6 Å². The maximum atomic E-state index is 14.2. The van der Waals surface area contributed by atoms with Gasteiger partial charge in [0.1, 0.15) is 11.6 Å². The molecule has 1 atom stereocenters. The third kappa shape index (κ3) is 3.77. The van der Waals surface area contributed by atoms with Gasteiger partial charge in [0, 0.05) is 18.2 Å². The normalized spacial score (nSPS) is 20.2. The van der Waals surface area contributed by atoms with Crippen molar-refractivity contribution in [3.05, 3.63) is 53.2 Å². The van der Waals surface area contributed by atoms with Gasteiger partial charge >= 0.3 is 0 Å². The lowest BCUT2D eigenvalue weighted by atomic mass is 10.0. The first-order chi connectivity index (χ1) is 13.1. The van der Waals surface area contributed by atoms with Crippen LogP contribution in [0.2, 0.25) is 0 Å². The SMILES string of the molecule is O=C(NC1CCCC1)c1ccc(N2CCCC2c2cc(F)ccc2F)nn1. The second-order valence-electron chi connectivity index (χ2n) is 7.25. The van der Waals surface area contributed by atoms with Gasteiger partial charge in [-0.2, -0.15) is 0 Å². The van der Waals surface area contributed by atoms with Crippen molar-refractivity contribution in [2.75, 3.05) is 11.4 Å². The van der Waals surface area contributed by atoms with E-state index in [1.54, 1.807) is 12.1 Å². The van der Waals surface area contributed by atoms with E-state index in [2.05, 4.69) is 15.5 Å². The van der Waals surface area contributed by atoms with Crippen LogP contribution in [0.1, 0.15) is 60.6 Å². The van der Waals surface area contributed by atoms with Crippen LogP contribution in [0.5, 0.6) is 0 Å². The molecule has 1 aromatic heterocycles. The second-order valence-corrected chi connectivity index (χ2v) is 7.25. The molecule has 2 heterocycles. The number of hydrogen-bond donors (Lipinski definition) is 1. The maximum Gasteiger partial charge on any atom is 0.272 e. The summed E-state index contributed by atoms with van der Waals surface area (Å²) < 4.78 is 27.8. The molecule has 2 aliphatic rings. The fraction of sp³-hybridized carbons (Fsp3) is 0.450. The summed E-state index contributed by atoms with van der Waals surface area (Å²) in [5.74, 6) is -0.522. The van der Waals surface area contributed by atoms with E-state index >= 15 is 0 Å². The molecule has 1 aliphatic carbocycles. The largest absolute Gasteiger partial charge is 0.348 e. The molecule has 1 saturated carbocycles. The van der Waals surface area contributed by atoms with Crippen LogP contribution in [0.4, 0.5) is 14.6 Å². The summed E-state index contributed by atoms with van der Waals surface area (Å²) in [5.41, 5.74) is 0.607. The van der Waals surface area contributed by atoms with Crippen LogP contribution >= 0.6 is 0 Å². The van der Waals surface area contributed by atoms with Crippen molar-refractivity contribution in [2.24, 2.45) is 0 Å². The number of aromatic nitrogens is 2. The highest BCUT2D eigenvalue weighted by Gasteiger charge is 2.30. The zero-order valence-electron chi connectivity index (χ0n) is 15.0. The summed E-state index contributed by atoms with van der Waals surface area (Å²) in [5, 5.41) is 11.2. The molecular weight excluding hydrogens is 350 g/mol. The lowest BCUT2D eigenvalue weighted by molar-refractivity contribution is 0.0932. The third-order valence-corrected chi connectivity index (χ3v) is 5.44. The zero-order valence-corrected chi connectivity index (χ0v) is 15.0. The molecule has 1 amide bonds. The number of halogens is 2. The average Bonchev–Trinajstić information content (AvgIpc) is 3.35. The molecule has 2 aromatic rings. The number of nitrogens with one attached hydrogen (secondary N) is 1. The van der Waals surface area contributed by atoms with Gasteiger partial charge in [-0.25, -0.2) is 8.78 Å². The van der Waals surface area contributed by atoms with Crippen LogP contribution in [-0.4, -0.2) is 28.7 Å². The van der Waals surface area contributed by atoms with E-state index in [9.17, 15) is 13.6 Å². The Bertz CT molecular complexity index is 821. The summed E-state index contributed by atoms with van der Waals surface area (Å²) in [6.07, 6.45) is 5.86. The van der Waals surface area contributed by atoms with Crippen LogP contribution in [0, 0.1) is 11.6 Å². The summed E-state index contributed by atoms with van der Waals surface area (Å²) >= 11 is 0. The first kappa shape index (κ1) is 17.8. The summed E-state index contributed by atoms with van der Waals surface area (Å²) in [6.45, 7) is 0.683. The molecule has 1 aromatic carbocycles. The number of benzene rings is 1. The van der Waals surface area contributed by atoms with E-state index in [0.29, 0.717) is 24.3 Å². The number of amides is 1. The number of rotatable bonds is 4. The van der Waals surface area contributed by atoms with Crippen LogP contribution in [-0.2, 0) is 0 Å². The van der Waals surface area contributed by atoms with Crippen LogP contribution in [0.3, 0.4) is 0 Å². The summed E-state index contributed by atoms with van der Waals surface area (Å²) in [4.78, 5) is 14.2. The smallest absolute Gasteiger partial charge is 0.272 e. The fourth-order valence-electron chi connectivity index (χ4n) is 4.06. The Balaban J connectivity index is 1.50. The van der Waals surface area contributed by atoms with Crippen molar-refractivity contribution in [3.63, 3.8) is 0 Å². The minimum absolute atomic E-state index is 0.213. The molecule has 142 valence electrons. The Morgan fingerprint density at radius 3 is 2.59 bits per heavy atom. The van der Waals surface area contributed by atoms with E-state index < -0.39 is 11.6 Å². The van der Waals surface area contributed by atoms with Crippen molar-refractivity contribution >= 4 is 11.7 Å². The lowest BCUT2D eigenvalue weighted by Crippen LogP contribution is -2.33. The Morgan fingerprint density at radius 2 is 1.85 bits per heavy atom. The molecule has 4 rings (SSSR count). The van der Waals surface area contributed by atoms with Crippen LogP contribution in [0.15, 0.2) is 30.3 Å². The molecule has 27 heavy (non-hydrogen) atoms. The molecule has 7 heteroatoms. The molecule has 1 unspecified atom stereocenters. The van der Waals surface area contributed by atoms with E-state index in [0.717, 1.165) is 44.2 Å². The maximum absolute atomic E-state index is 14.2. The molecule has 0 radical (unpaired) electrons. The first-order valence-corrected chi connectivity index (χ1v) is 9.48. The van der Waals surface area contributed by atoms with Gasteiger partial charge in [-0.1, -0.05) is 12.8 Å². The first-order valence-electron chi connectivity index (χ1n) is 9.48. The standard InChI is InChI=1S/C20H22F2N4O/c21-13-7-8-16(22)15(12-13)18-6-3-11-26(18)19-10-9-17(24-25-19)20(27)23-14-4-1-2-5-14/h7-10,12,14,18H,1-6,11H2,(H,23,27). The molecule has 1 saturated heterocycles. The van der Waals surface area contributed by atoms with Crippen molar-refractivity contribution in [1.29, 1.82) is 0 Å². The number of hydrogen-bond acceptors (Lipinski definition) is 4. The van der Waals surface area contributed by atoms with Crippen LogP contribution in [0.25, 0.3) is 0 Å². The minimum atomic E-state index is -0.455. The molecular formula is C20H22F2N4O. The predicted molar refractivity (Wildman–Crippen MR) is 97.4 cm³/mol. The van der Waals surface area contributed by atoms with Crippen molar-refractivity contribution in [1.82, 2.24) is 15.5 Å². The molecule has 1 aliphatic heterocycles. The van der Waals surface area contributed by atoms with Crippen molar-refractivity contribution in [3.8, 4) is 0 Å². The van der Waals surface area contributed by atoms with E-state index in [4.69, 9.17) is 0 Å². The highest BCUT2D eigenvalue weighted by molar-refractivity contribution is 5.92. The van der Waals surface area contributed by atoms with Gasteiger partial charge in [0.25, 0.3) is 5.91 Å². The molecule has 0 spiro atoms. The number of nitrogens with zero attached hydrogens (tertiary/aromatic N) is 3. The fourth-order valence-corrected chi connectivity index (χ4v) is 4.06. The zero-order chi connectivity index (χ0) is 18.8. The number of anilines is 1. The molecule has 1 N–H and O–H groups in total. The topological polar surface area (TPSA) is 58.1 Å². The minimum Gasteiger partial charge on any atom is -0.348 e. The van der Waals surface area contributed by atoms with E-state index in [1.165, 1.54) is 6.07 Å². The van der Waals surface area contributed by atoms with Gasteiger partial charge in [0.05, 0.1) is 6.04 Å². The summed E-state index contributed by atoms with van der Waals surface area (Å²) in [7, 11) is 0. The Hall–Kier alpha value is -2.57. The summed E-state index contributed by atoms with van der Waals surface area (Å²) in [6, 6.07) is 6.83. The van der Waals surface area contributed by atoms with Crippen molar-refractivity contribution in [2.45, 2.75) is 50.6 Å². The Morgan fingerprint density at radius 1 is 1.04 bits per heavy atom. The molecule has 5 nitrogen and oxygen atoms in total. The van der Waals surface area contributed by atoms with Gasteiger partial charge in [-0.15, -0.1) is 10.2 Å². The van der Waals surface area contributed by atoms with E-state index in [1.807, 2.05) is 4.90 Å². The Labute approximate surface area is 156 Å². The highest BCUT2D eigenvalue weighted by atomic mass is 19.1. The second kappa shape index (κ2) is 7.58. The van der Waals surface area contributed by atoms with Gasteiger partial charge in [0.2, 0.25) is 0 Å².